The van der Waals surface area contributed by atoms with Gasteiger partial charge < -0.3 is 9.47 Å². The molecule has 1 aromatic rings. The lowest BCUT2D eigenvalue weighted by atomic mass is 9.89. The Kier molecular flexibility index (Phi) is 4.60. The van der Waals surface area contributed by atoms with Crippen molar-refractivity contribution in [3.05, 3.63) is 35.9 Å². The summed E-state index contributed by atoms with van der Waals surface area (Å²) in [6.07, 6.45) is 4.27. The smallest absolute Gasteiger partial charge is 0.168 e. The van der Waals surface area contributed by atoms with E-state index in [1.54, 1.807) is 0 Å². The summed E-state index contributed by atoms with van der Waals surface area (Å²) in [4.78, 5) is 2.36. The summed E-state index contributed by atoms with van der Waals surface area (Å²) in [6, 6.07) is 10.8. The van der Waals surface area contributed by atoms with E-state index in [4.69, 9.17) is 9.47 Å². The number of rotatable bonds is 2. The topological polar surface area (TPSA) is 21.7 Å². The Morgan fingerprint density at radius 1 is 1.14 bits per heavy atom. The van der Waals surface area contributed by atoms with E-state index in [1.165, 1.54) is 0 Å². The predicted octanol–water partition coefficient (Wildman–Crippen LogP) is 2.66. The van der Waals surface area contributed by atoms with Crippen LogP contribution < -0.4 is 0 Å². The summed E-state index contributed by atoms with van der Waals surface area (Å²) in [5, 5.41) is 0. The maximum absolute atomic E-state index is 5.78. The van der Waals surface area contributed by atoms with Gasteiger partial charge in [0, 0.05) is 24.4 Å². The van der Waals surface area contributed by atoms with Crippen LogP contribution in [0.25, 0.3) is 0 Å². The monoisotopic (exact) mass is 285 g/mol. The standard InChI is InChI=1S/C18H23NO2/c1-19(13-5-8-16-6-3-2-4-7-16)17-9-11-18(12-10-17)20-14-15-21-18/h2-4,6-7,17H,9-15H2,1H3. The third kappa shape index (κ3) is 3.65. The van der Waals surface area contributed by atoms with Crippen molar-refractivity contribution in [3.63, 3.8) is 0 Å². The number of hydrogen-bond acceptors (Lipinski definition) is 3. The second-order valence-electron chi connectivity index (χ2n) is 5.92. The first-order chi connectivity index (χ1) is 10.3. The van der Waals surface area contributed by atoms with Crippen LogP contribution in [0, 0.1) is 11.8 Å². The van der Waals surface area contributed by atoms with Gasteiger partial charge in [-0.3, -0.25) is 4.90 Å². The van der Waals surface area contributed by atoms with Gasteiger partial charge in [0.1, 0.15) is 0 Å². The fourth-order valence-electron chi connectivity index (χ4n) is 3.19. The van der Waals surface area contributed by atoms with Gasteiger partial charge in [0.05, 0.1) is 19.8 Å². The summed E-state index contributed by atoms with van der Waals surface area (Å²) in [6.45, 7) is 2.32. The average Bonchev–Trinajstić information content (AvgIpc) is 2.97. The molecule has 0 amide bonds. The molecule has 112 valence electrons. The molecular weight excluding hydrogens is 262 g/mol. The molecule has 1 saturated heterocycles. The van der Waals surface area contributed by atoms with Crippen molar-refractivity contribution in [2.45, 2.75) is 37.5 Å². The molecule has 2 fully saturated rings. The summed E-state index contributed by atoms with van der Waals surface area (Å²) in [7, 11) is 2.17. The molecule has 0 unspecified atom stereocenters. The van der Waals surface area contributed by atoms with E-state index in [9.17, 15) is 0 Å². The van der Waals surface area contributed by atoms with Gasteiger partial charge in [-0.15, -0.1) is 0 Å². The van der Waals surface area contributed by atoms with Crippen molar-refractivity contribution in [1.82, 2.24) is 4.90 Å². The first kappa shape index (κ1) is 14.6. The fraction of sp³-hybridized carbons (Fsp3) is 0.556. The van der Waals surface area contributed by atoms with Crippen LogP contribution in [-0.2, 0) is 9.47 Å². The van der Waals surface area contributed by atoms with Crippen molar-refractivity contribution >= 4 is 0 Å². The predicted molar refractivity (Wildman–Crippen MR) is 82.8 cm³/mol. The van der Waals surface area contributed by atoms with E-state index in [-0.39, 0.29) is 5.79 Å². The van der Waals surface area contributed by atoms with Gasteiger partial charge in [-0.05, 0) is 32.0 Å². The van der Waals surface area contributed by atoms with Crippen LogP contribution in [0.15, 0.2) is 30.3 Å². The number of hydrogen-bond donors (Lipinski definition) is 0. The van der Waals surface area contributed by atoms with Gasteiger partial charge in [-0.1, -0.05) is 30.0 Å². The minimum atomic E-state index is -0.257. The quantitative estimate of drug-likeness (QED) is 0.780. The molecule has 1 heterocycles. The number of nitrogens with zero attached hydrogens (tertiary/aromatic N) is 1. The second kappa shape index (κ2) is 6.62. The summed E-state index contributed by atoms with van der Waals surface area (Å²) < 4.78 is 11.6. The molecular formula is C18H23NO2. The van der Waals surface area contributed by atoms with Gasteiger partial charge in [-0.2, -0.15) is 0 Å². The highest BCUT2D eigenvalue weighted by atomic mass is 16.7. The Morgan fingerprint density at radius 2 is 1.81 bits per heavy atom. The first-order valence-electron chi connectivity index (χ1n) is 7.80. The molecule has 0 radical (unpaired) electrons. The average molecular weight is 285 g/mol. The lowest BCUT2D eigenvalue weighted by molar-refractivity contribution is -0.183. The van der Waals surface area contributed by atoms with Gasteiger partial charge in [-0.25, -0.2) is 0 Å². The Bertz CT molecular complexity index is 501. The summed E-state index contributed by atoms with van der Waals surface area (Å²) in [5.74, 6) is 6.24. The lowest BCUT2D eigenvalue weighted by Crippen LogP contribution is -2.42. The molecule has 1 saturated carbocycles. The van der Waals surface area contributed by atoms with E-state index in [2.05, 4.69) is 23.8 Å². The normalized spacial score (nSPS) is 21.4. The molecule has 1 aromatic carbocycles. The van der Waals surface area contributed by atoms with Crippen LogP contribution in [-0.4, -0.2) is 43.5 Å². The molecule has 0 bridgehead atoms. The van der Waals surface area contributed by atoms with Gasteiger partial charge >= 0.3 is 0 Å². The van der Waals surface area contributed by atoms with Crippen LogP contribution in [0.5, 0.6) is 0 Å². The van der Waals surface area contributed by atoms with Crippen LogP contribution in [0.2, 0.25) is 0 Å². The van der Waals surface area contributed by atoms with Crippen molar-refractivity contribution in [1.29, 1.82) is 0 Å². The van der Waals surface area contributed by atoms with E-state index in [0.717, 1.165) is 51.0 Å². The van der Waals surface area contributed by atoms with Crippen molar-refractivity contribution < 1.29 is 9.47 Å². The maximum Gasteiger partial charge on any atom is 0.168 e. The minimum Gasteiger partial charge on any atom is -0.348 e. The summed E-state index contributed by atoms with van der Waals surface area (Å²) >= 11 is 0. The third-order valence-electron chi connectivity index (χ3n) is 4.49. The van der Waals surface area contributed by atoms with Crippen molar-refractivity contribution in [3.8, 4) is 11.8 Å². The molecule has 0 N–H and O–H groups in total. The fourth-order valence-corrected chi connectivity index (χ4v) is 3.19. The van der Waals surface area contributed by atoms with E-state index >= 15 is 0 Å². The van der Waals surface area contributed by atoms with Crippen LogP contribution in [0.4, 0.5) is 0 Å². The zero-order chi connectivity index (χ0) is 14.5. The largest absolute Gasteiger partial charge is 0.348 e. The van der Waals surface area contributed by atoms with E-state index < -0.39 is 0 Å². The lowest BCUT2D eigenvalue weighted by Gasteiger charge is -2.38. The Labute approximate surface area is 127 Å². The molecule has 1 aliphatic heterocycles. The van der Waals surface area contributed by atoms with E-state index in [0.29, 0.717) is 6.04 Å². The van der Waals surface area contributed by atoms with Crippen LogP contribution in [0.3, 0.4) is 0 Å². The highest BCUT2D eigenvalue weighted by molar-refractivity contribution is 5.33. The highest BCUT2D eigenvalue weighted by Gasteiger charge is 2.40. The van der Waals surface area contributed by atoms with Crippen molar-refractivity contribution in [2.75, 3.05) is 26.8 Å². The van der Waals surface area contributed by atoms with Gasteiger partial charge in [0.2, 0.25) is 0 Å². The maximum atomic E-state index is 5.78. The first-order valence-corrected chi connectivity index (χ1v) is 7.80. The molecule has 3 rings (SSSR count). The van der Waals surface area contributed by atoms with Gasteiger partial charge in [0.25, 0.3) is 0 Å². The van der Waals surface area contributed by atoms with Crippen LogP contribution >= 0.6 is 0 Å². The second-order valence-corrected chi connectivity index (χ2v) is 5.92. The third-order valence-corrected chi connectivity index (χ3v) is 4.49. The zero-order valence-corrected chi connectivity index (χ0v) is 12.7. The Balaban J connectivity index is 1.48. The minimum absolute atomic E-state index is 0.257. The summed E-state index contributed by atoms with van der Waals surface area (Å²) in [5.41, 5.74) is 1.08. The molecule has 2 aliphatic rings. The SMILES string of the molecule is CN(CC#Cc1ccccc1)C1CCC2(CC1)OCCO2. The molecule has 0 atom stereocenters. The van der Waals surface area contributed by atoms with Crippen molar-refractivity contribution in [2.24, 2.45) is 0 Å². The molecule has 3 heteroatoms. The van der Waals surface area contributed by atoms with Crippen LogP contribution in [0.1, 0.15) is 31.2 Å². The number of benzene rings is 1. The Morgan fingerprint density at radius 3 is 2.48 bits per heavy atom. The Hall–Kier alpha value is -1.34. The molecule has 1 aliphatic carbocycles. The van der Waals surface area contributed by atoms with E-state index in [1.807, 2.05) is 30.3 Å². The number of ether oxygens (including phenoxy) is 2. The van der Waals surface area contributed by atoms with Gasteiger partial charge in [0.15, 0.2) is 5.79 Å². The molecule has 0 aromatic heterocycles. The molecule has 3 nitrogen and oxygen atoms in total. The molecule has 21 heavy (non-hydrogen) atoms. The zero-order valence-electron chi connectivity index (χ0n) is 12.7. The highest BCUT2D eigenvalue weighted by Crippen LogP contribution is 2.36. The molecule has 1 spiro atoms.